The molecule has 0 unspecified atom stereocenters. The molecule has 2 N–H and O–H groups in total. The van der Waals surface area contributed by atoms with E-state index in [9.17, 15) is 13.9 Å². The average molecular weight is 358 g/mol. The van der Waals surface area contributed by atoms with E-state index in [-0.39, 0.29) is 18.0 Å². The summed E-state index contributed by atoms with van der Waals surface area (Å²) in [6.45, 7) is 2.42. The van der Waals surface area contributed by atoms with Crippen molar-refractivity contribution in [3.63, 3.8) is 0 Å². The molecular formula is C15H14BrF2NO2. The third kappa shape index (κ3) is 3.85. The van der Waals surface area contributed by atoms with Crippen molar-refractivity contribution >= 4 is 21.6 Å². The van der Waals surface area contributed by atoms with Crippen LogP contribution in [0, 0.1) is 11.6 Å². The van der Waals surface area contributed by atoms with Gasteiger partial charge in [-0.3, -0.25) is 0 Å². The van der Waals surface area contributed by atoms with Crippen LogP contribution in [0.15, 0.2) is 34.8 Å². The normalized spacial score (nSPS) is 10.5. The van der Waals surface area contributed by atoms with Crippen LogP contribution in [0.1, 0.15) is 12.5 Å². The van der Waals surface area contributed by atoms with Gasteiger partial charge in [0.2, 0.25) is 0 Å². The molecule has 112 valence electrons. The number of hydrogen-bond donors (Lipinski definition) is 2. The number of benzene rings is 2. The smallest absolute Gasteiger partial charge is 0.161 e. The van der Waals surface area contributed by atoms with Gasteiger partial charge in [-0.1, -0.05) is 22.0 Å². The summed E-state index contributed by atoms with van der Waals surface area (Å²) in [6.07, 6.45) is 0. The van der Waals surface area contributed by atoms with Crippen LogP contribution in [-0.4, -0.2) is 11.7 Å². The summed E-state index contributed by atoms with van der Waals surface area (Å²) < 4.78 is 33.0. The molecule has 0 aliphatic heterocycles. The fourth-order valence-corrected chi connectivity index (χ4v) is 2.24. The van der Waals surface area contributed by atoms with E-state index in [0.29, 0.717) is 16.8 Å². The largest absolute Gasteiger partial charge is 0.504 e. The highest BCUT2D eigenvalue weighted by molar-refractivity contribution is 9.10. The number of phenolic OH excluding ortho intramolecular Hbond substituents is 1. The summed E-state index contributed by atoms with van der Waals surface area (Å²) in [5, 5.41) is 12.3. The topological polar surface area (TPSA) is 41.5 Å². The van der Waals surface area contributed by atoms with Crippen LogP contribution < -0.4 is 10.1 Å². The van der Waals surface area contributed by atoms with E-state index < -0.39 is 11.6 Å². The number of nitrogens with one attached hydrogen (secondary N) is 1. The van der Waals surface area contributed by atoms with E-state index in [0.717, 1.165) is 5.56 Å². The van der Waals surface area contributed by atoms with Crippen molar-refractivity contribution in [2.75, 3.05) is 11.9 Å². The predicted octanol–water partition coefficient (Wildman–Crippen LogP) is 4.44. The first-order valence-corrected chi connectivity index (χ1v) is 7.13. The van der Waals surface area contributed by atoms with Gasteiger partial charge in [0.05, 0.1) is 6.61 Å². The first-order valence-electron chi connectivity index (χ1n) is 6.34. The molecule has 2 aromatic carbocycles. The van der Waals surface area contributed by atoms with Gasteiger partial charge < -0.3 is 15.2 Å². The Morgan fingerprint density at radius 3 is 2.48 bits per heavy atom. The molecule has 2 rings (SSSR count). The second-order valence-corrected chi connectivity index (χ2v) is 5.25. The average Bonchev–Trinajstić information content (AvgIpc) is 2.41. The van der Waals surface area contributed by atoms with Gasteiger partial charge in [-0.05, 0) is 36.8 Å². The Morgan fingerprint density at radius 1 is 1.19 bits per heavy atom. The minimum atomic E-state index is -0.675. The monoisotopic (exact) mass is 357 g/mol. The highest BCUT2D eigenvalue weighted by Crippen LogP contribution is 2.28. The molecule has 0 aromatic heterocycles. The number of ether oxygens (including phenoxy) is 1. The number of hydrogen-bond acceptors (Lipinski definition) is 3. The maximum absolute atomic E-state index is 13.7. The van der Waals surface area contributed by atoms with Crippen LogP contribution in [0.4, 0.5) is 14.5 Å². The molecule has 3 nitrogen and oxygen atoms in total. The lowest BCUT2D eigenvalue weighted by molar-refractivity contribution is 0.318. The quantitative estimate of drug-likeness (QED) is 0.830. The van der Waals surface area contributed by atoms with Gasteiger partial charge in [-0.15, -0.1) is 0 Å². The first kappa shape index (κ1) is 15.6. The molecule has 0 atom stereocenters. The number of anilines is 1. The molecule has 0 bridgehead atoms. The SMILES string of the molecule is CCOc1cc(CNc2c(F)cc(Br)cc2F)ccc1O. The van der Waals surface area contributed by atoms with E-state index in [4.69, 9.17) is 4.74 Å². The highest BCUT2D eigenvalue weighted by atomic mass is 79.9. The molecule has 0 spiro atoms. The lowest BCUT2D eigenvalue weighted by atomic mass is 10.2. The molecule has 6 heteroatoms. The summed E-state index contributed by atoms with van der Waals surface area (Å²) in [7, 11) is 0. The van der Waals surface area contributed by atoms with E-state index in [1.165, 1.54) is 18.2 Å². The number of rotatable bonds is 5. The zero-order chi connectivity index (χ0) is 15.4. The van der Waals surface area contributed by atoms with E-state index in [1.54, 1.807) is 19.1 Å². The third-order valence-electron chi connectivity index (χ3n) is 2.80. The van der Waals surface area contributed by atoms with Crippen LogP contribution in [0.25, 0.3) is 0 Å². The number of aromatic hydroxyl groups is 1. The second-order valence-electron chi connectivity index (χ2n) is 4.33. The van der Waals surface area contributed by atoms with Crippen molar-refractivity contribution in [3.8, 4) is 11.5 Å². The minimum absolute atomic E-state index is 0.0293. The second kappa shape index (κ2) is 6.76. The van der Waals surface area contributed by atoms with Crippen molar-refractivity contribution in [3.05, 3.63) is 52.0 Å². The van der Waals surface area contributed by atoms with Crippen molar-refractivity contribution in [1.29, 1.82) is 0 Å². The van der Waals surface area contributed by atoms with Crippen molar-refractivity contribution in [1.82, 2.24) is 0 Å². The van der Waals surface area contributed by atoms with E-state index in [1.807, 2.05) is 0 Å². The Bertz CT molecular complexity index is 627. The Hall–Kier alpha value is -1.82. The summed E-state index contributed by atoms with van der Waals surface area (Å²) >= 11 is 3.03. The molecule has 0 fully saturated rings. The standard InChI is InChI=1S/C15H14BrF2NO2/c1-2-21-14-5-9(3-4-13(14)20)8-19-15-11(17)6-10(16)7-12(15)18/h3-7,19-20H,2,8H2,1H3. The van der Waals surface area contributed by atoms with Crippen molar-refractivity contribution in [2.45, 2.75) is 13.5 Å². The van der Waals surface area contributed by atoms with Crippen molar-refractivity contribution < 1.29 is 18.6 Å². The fraction of sp³-hybridized carbons (Fsp3) is 0.200. The Kier molecular flexibility index (Phi) is 5.01. The van der Waals surface area contributed by atoms with Gasteiger partial charge in [0.15, 0.2) is 11.5 Å². The number of phenols is 1. The summed E-state index contributed by atoms with van der Waals surface area (Å²) in [5.74, 6) is -0.980. The minimum Gasteiger partial charge on any atom is -0.504 e. The van der Waals surface area contributed by atoms with Crippen LogP contribution in [-0.2, 0) is 6.54 Å². The lowest BCUT2D eigenvalue weighted by Crippen LogP contribution is -2.04. The van der Waals surface area contributed by atoms with Gasteiger partial charge in [-0.2, -0.15) is 0 Å². The predicted molar refractivity (Wildman–Crippen MR) is 80.7 cm³/mol. The van der Waals surface area contributed by atoms with Crippen LogP contribution in [0.5, 0.6) is 11.5 Å². The lowest BCUT2D eigenvalue weighted by Gasteiger charge is -2.11. The van der Waals surface area contributed by atoms with E-state index in [2.05, 4.69) is 21.2 Å². The summed E-state index contributed by atoms with van der Waals surface area (Å²) in [6, 6.07) is 7.14. The van der Waals surface area contributed by atoms with Gasteiger partial charge in [0.25, 0.3) is 0 Å². The highest BCUT2D eigenvalue weighted by Gasteiger charge is 2.11. The van der Waals surface area contributed by atoms with Gasteiger partial charge >= 0.3 is 0 Å². The molecule has 0 amide bonds. The van der Waals surface area contributed by atoms with Gasteiger partial charge in [0.1, 0.15) is 17.3 Å². The third-order valence-corrected chi connectivity index (χ3v) is 3.26. The molecular weight excluding hydrogens is 344 g/mol. The molecule has 2 aromatic rings. The Labute approximate surface area is 129 Å². The summed E-state index contributed by atoms with van der Waals surface area (Å²) in [5.41, 5.74) is 0.544. The molecule has 0 saturated heterocycles. The van der Waals surface area contributed by atoms with Crippen LogP contribution in [0.2, 0.25) is 0 Å². The molecule has 0 aliphatic carbocycles. The zero-order valence-corrected chi connectivity index (χ0v) is 12.9. The van der Waals surface area contributed by atoms with Crippen molar-refractivity contribution in [2.24, 2.45) is 0 Å². The molecule has 0 radical (unpaired) electrons. The fourth-order valence-electron chi connectivity index (χ4n) is 1.84. The Balaban J connectivity index is 2.15. The number of halogens is 3. The van der Waals surface area contributed by atoms with E-state index >= 15 is 0 Å². The Morgan fingerprint density at radius 2 is 1.86 bits per heavy atom. The maximum atomic E-state index is 13.7. The molecule has 0 saturated carbocycles. The zero-order valence-electron chi connectivity index (χ0n) is 11.3. The van der Waals surface area contributed by atoms with Crippen LogP contribution >= 0.6 is 15.9 Å². The maximum Gasteiger partial charge on any atom is 0.161 e. The first-order chi connectivity index (χ1) is 10.0. The van der Waals surface area contributed by atoms with Crippen LogP contribution in [0.3, 0.4) is 0 Å². The summed E-state index contributed by atoms with van der Waals surface area (Å²) in [4.78, 5) is 0. The van der Waals surface area contributed by atoms with Gasteiger partial charge in [-0.25, -0.2) is 8.78 Å². The molecule has 0 aliphatic rings. The molecule has 21 heavy (non-hydrogen) atoms. The van der Waals surface area contributed by atoms with Gasteiger partial charge in [0, 0.05) is 11.0 Å². The molecule has 0 heterocycles.